The zero-order valence-electron chi connectivity index (χ0n) is 20.0. The second kappa shape index (κ2) is 9.30. The fourth-order valence-corrected chi connectivity index (χ4v) is 4.32. The summed E-state index contributed by atoms with van der Waals surface area (Å²) in [4.78, 5) is 24.2. The molecule has 0 aliphatic heterocycles. The van der Waals surface area contributed by atoms with Gasteiger partial charge < -0.3 is 9.84 Å². The number of rotatable bonds is 7. The number of nitrogens with zero attached hydrogens (tertiary/aromatic N) is 3. The van der Waals surface area contributed by atoms with Gasteiger partial charge in [-0.05, 0) is 42.0 Å². The first-order chi connectivity index (χ1) is 17.4. The van der Waals surface area contributed by atoms with Gasteiger partial charge in [-0.2, -0.15) is 0 Å². The summed E-state index contributed by atoms with van der Waals surface area (Å²) in [5.74, 6) is -0.327. The van der Waals surface area contributed by atoms with Crippen LogP contribution in [-0.4, -0.2) is 32.2 Å². The molecule has 1 aliphatic rings. The van der Waals surface area contributed by atoms with Crippen LogP contribution in [0, 0.1) is 0 Å². The van der Waals surface area contributed by atoms with Crippen LogP contribution in [0.15, 0.2) is 78.9 Å². The quantitative estimate of drug-likeness (QED) is 0.356. The van der Waals surface area contributed by atoms with E-state index in [0.29, 0.717) is 24.4 Å². The number of anilines is 1. The van der Waals surface area contributed by atoms with Gasteiger partial charge in [0, 0.05) is 12.6 Å². The molecule has 1 unspecified atom stereocenters. The molecule has 0 radical (unpaired) electrons. The number of hydrogen-bond donors (Lipinski definition) is 2. The number of benzene rings is 3. The van der Waals surface area contributed by atoms with Gasteiger partial charge in [-0.1, -0.05) is 84.1 Å². The summed E-state index contributed by atoms with van der Waals surface area (Å²) in [6.07, 6.45) is 0.365. The normalized spacial score (nSPS) is 14.6. The number of carboxylic acids is 1. The van der Waals surface area contributed by atoms with E-state index < -0.39 is 23.6 Å². The van der Waals surface area contributed by atoms with E-state index in [1.165, 1.54) is 4.68 Å². The predicted octanol–water partition coefficient (Wildman–Crippen LogP) is 5.58. The number of carboxylic acid groups (broad SMARTS) is 1. The lowest BCUT2D eigenvalue weighted by molar-refractivity contribution is -0.140. The van der Waals surface area contributed by atoms with Crippen LogP contribution in [0.1, 0.15) is 37.0 Å². The van der Waals surface area contributed by atoms with Gasteiger partial charge in [0.25, 0.3) is 0 Å². The lowest BCUT2D eigenvalue weighted by Crippen LogP contribution is -2.19. The van der Waals surface area contributed by atoms with Crippen molar-refractivity contribution < 1.29 is 19.4 Å². The second-order valence-electron chi connectivity index (χ2n) is 9.04. The molecule has 1 saturated carbocycles. The Hall–Kier alpha value is -4.46. The van der Waals surface area contributed by atoms with Crippen molar-refractivity contribution in [2.24, 2.45) is 7.05 Å². The SMILES string of the molecule is CC(OC(=O)Nc1c(-c2ccc(-c3ccc(C4(C(=O)O)CC4)cc3)cc2)nnn1C)c1ccccc1. The Morgan fingerprint density at radius 1 is 0.944 bits per heavy atom. The molecule has 1 heterocycles. The monoisotopic (exact) mass is 482 g/mol. The maximum atomic E-state index is 12.6. The Balaban J connectivity index is 1.30. The molecule has 1 aromatic heterocycles. The topological polar surface area (TPSA) is 106 Å². The van der Waals surface area contributed by atoms with Crippen LogP contribution in [0.5, 0.6) is 0 Å². The van der Waals surface area contributed by atoms with Crippen LogP contribution in [0.25, 0.3) is 22.4 Å². The highest BCUT2D eigenvalue weighted by atomic mass is 16.6. The highest BCUT2D eigenvalue weighted by molar-refractivity contribution is 5.89. The van der Waals surface area contributed by atoms with Crippen molar-refractivity contribution in [3.63, 3.8) is 0 Å². The molecule has 1 atom stereocenters. The Bertz CT molecular complexity index is 1390. The van der Waals surface area contributed by atoms with Crippen molar-refractivity contribution in [1.82, 2.24) is 15.0 Å². The van der Waals surface area contributed by atoms with Gasteiger partial charge in [-0.15, -0.1) is 5.10 Å². The van der Waals surface area contributed by atoms with Crippen molar-refractivity contribution in [1.29, 1.82) is 0 Å². The van der Waals surface area contributed by atoms with E-state index in [1.54, 1.807) is 7.05 Å². The number of aromatic nitrogens is 3. The van der Waals surface area contributed by atoms with Gasteiger partial charge in [-0.25, -0.2) is 9.48 Å². The molecule has 0 spiro atoms. The molecule has 2 N–H and O–H groups in total. The molecule has 1 aliphatic carbocycles. The number of aryl methyl sites for hydroxylation is 1. The number of ether oxygens (including phenoxy) is 1. The molecule has 3 aromatic carbocycles. The summed E-state index contributed by atoms with van der Waals surface area (Å²) in [6, 6.07) is 25.0. The molecule has 0 saturated heterocycles. The molecular formula is C28H26N4O4. The summed E-state index contributed by atoms with van der Waals surface area (Å²) in [5.41, 5.74) is 4.33. The van der Waals surface area contributed by atoms with Gasteiger partial charge in [0.1, 0.15) is 11.8 Å². The minimum atomic E-state index is -0.758. The summed E-state index contributed by atoms with van der Waals surface area (Å²) < 4.78 is 7.02. The first-order valence-corrected chi connectivity index (χ1v) is 11.7. The number of nitrogens with one attached hydrogen (secondary N) is 1. The Kier molecular flexibility index (Phi) is 6.01. The fraction of sp³-hybridized carbons (Fsp3) is 0.214. The molecule has 4 aromatic rings. The number of hydrogen-bond acceptors (Lipinski definition) is 5. The minimum Gasteiger partial charge on any atom is -0.481 e. The summed E-state index contributed by atoms with van der Waals surface area (Å²) in [5, 5.41) is 20.6. The number of amides is 1. The molecule has 8 heteroatoms. The molecule has 8 nitrogen and oxygen atoms in total. The average Bonchev–Trinajstić information content (AvgIpc) is 3.64. The lowest BCUT2D eigenvalue weighted by atomic mass is 9.93. The van der Waals surface area contributed by atoms with E-state index >= 15 is 0 Å². The third kappa shape index (κ3) is 4.45. The maximum Gasteiger partial charge on any atom is 0.413 e. The Morgan fingerprint density at radius 2 is 1.53 bits per heavy atom. The lowest BCUT2D eigenvalue weighted by Gasteiger charge is -2.14. The Labute approximate surface area is 208 Å². The molecule has 36 heavy (non-hydrogen) atoms. The second-order valence-corrected chi connectivity index (χ2v) is 9.04. The fourth-order valence-electron chi connectivity index (χ4n) is 4.32. The van der Waals surface area contributed by atoms with Gasteiger partial charge in [0.05, 0.1) is 5.41 Å². The molecule has 1 amide bonds. The zero-order chi connectivity index (χ0) is 25.3. The van der Waals surface area contributed by atoms with Crippen LogP contribution in [0.2, 0.25) is 0 Å². The summed E-state index contributed by atoms with van der Waals surface area (Å²) in [6.45, 7) is 1.81. The largest absolute Gasteiger partial charge is 0.481 e. The number of carbonyl (C=O) groups excluding carboxylic acids is 1. The molecule has 1 fully saturated rings. The van der Waals surface area contributed by atoms with Crippen LogP contribution >= 0.6 is 0 Å². The van der Waals surface area contributed by atoms with Crippen molar-refractivity contribution in [2.45, 2.75) is 31.3 Å². The average molecular weight is 483 g/mol. The first kappa shape index (κ1) is 23.3. The summed E-state index contributed by atoms with van der Waals surface area (Å²) >= 11 is 0. The maximum absolute atomic E-state index is 12.6. The zero-order valence-corrected chi connectivity index (χ0v) is 20.0. The van der Waals surface area contributed by atoms with Crippen LogP contribution in [0.3, 0.4) is 0 Å². The van der Waals surface area contributed by atoms with Crippen molar-refractivity contribution in [3.8, 4) is 22.4 Å². The first-order valence-electron chi connectivity index (χ1n) is 11.7. The minimum absolute atomic E-state index is 0.410. The standard InChI is InChI=1S/C28H26N4O4/c1-18(19-6-4-3-5-7-19)36-27(35)29-25-24(30-31-32(25)2)22-10-8-20(9-11-22)21-12-14-23(15-13-21)28(16-17-28)26(33)34/h3-15,18H,16-17H2,1-2H3,(H,29,35)(H,33,34). The van der Waals surface area contributed by atoms with Gasteiger partial charge in [0.2, 0.25) is 0 Å². The van der Waals surface area contributed by atoms with Crippen LogP contribution in [-0.2, 0) is 22.0 Å². The summed E-state index contributed by atoms with van der Waals surface area (Å²) in [7, 11) is 1.70. The van der Waals surface area contributed by atoms with E-state index in [-0.39, 0.29) is 0 Å². The van der Waals surface area contributed by atoms with E-state index in [9.17, 15) is 14.7 Å². The molecule has 0 bridgehead atoms. The van der Waals surface area contributed by atoms with E-state index in [1.807, 2.05) is 85.8 Å². The smallest absolute Gasteiger partial charge is 0.413 e. The molecule has 182 valence electrons. The van der Waals surface area contributed by atoms with Crippen molar-refractivity contribution in [2.75, 3.05) is 5.32 Å². The van der Waals surface area contributed by atoms with Gasteiger partial charge in [-0.3, -0.25) is 10.1 Å². The van der Waals surface area contributed by atoms with E-state index in [4.69, 9.17) is 4.74 Å². The van der Waals surface area contributed by atoms with Crippen molar-refractivity contribution >= 4 is 17.9 Å². The van der Waals surface area contributed by atoms with Gasteiger partial charge >= 0.3 is 12.1 Å². The molecule has 5 rings (SSSR count). The number of aliphatic carboxylic acids is 1. The highest BCUT2D eigenvalue weighted by Crippen LogP contribution is 2.48. The number of carbonyl (C=O) groups is 2. The van der Waals surface area contributed by atoms with Gasteiger partial charge in [0.15, 0.2) is 5.82 Å². The highest BCUT2D eigenvalue weighted by Gasteiger charge is 2.51. The van der Waals surface area contributed by atoms with E-state index in [0.717, 1.165) is 27.8 Å². The third-order valence-electron chi connectivity index (χ3n) is 6.69. The third-order valence-corrected chi connectivity index (χ3v) is 6.69. The van der Waals surface area contributed by atoms with E-state index in [2.05, 4.69) is 15.6 Å². The predicted molar refractivity (Wildman–Crippen MR) is 135 cm³/mol. The Morgan fingerprint density at radius 3 is 2.11 bits per heavy atom. The van der Waals surface area contributed by atoms with Crippen molar-refractivity contribution in [3.05, 3.63) is 90.0 Å². The molecular weight excluding hydrogens is 456 g/mol. The van der Waals surface area contributed by atoms with Crippen LogP contribution < -0.4 is 5.32 Å². The van der Waals surface area contributed by atoms with Crippen LogP contribution in [0.4, 0.5) is 10.6 Å².